The molecule has 134 valence electrons. The molecule has 0 unspecified atom stereocenters. The topological polar surface area (TPSA) is 53.9 Å². The van der Waals surface area contributed by atoms with Crippen molar-refractivity contribution in [1.82, 2.24) is 0 Å². The summed E-state index contributed by atoms with van der Waals surface area (Å²) in [6, 6.07) is 12.7. The maximum Gasteiger partial charge on any atom is 0.264 e. The average Bonchev–Trinajstić information content (AvgIpc) is 2.62. The number of rotatable bonds is 5. The van der Waals surface area contributed by atoms with E-state index < -0.39 is 15.8 Å². The summed E-state index contributed by atoms with van der Waals surface area (Å²) in [7, 11) is -3.98. The SMILES string of the molecule is CC[NH+]1CCN(c2ccccc2NS(=O)(=O)c2ccccc2F)CC1. The average molecular weight is 364 g/mol. The number of para-hydroxylation sites is 2. The third-order valence-electron chi connectivity index (χ3n) is 4.59. The van der Waals surface area contributed by atoms with Gasteiger partial charge in [0.15, 0.2) is 0 Å². The zero-order chi connectivity index (χ0) is 17.9. The fourth-order valence-electron chi connectivity index (χ4n) is 3.12. The van der Waals surface area contributed by atoms with Crippen LogP contribution in [-0.4, -0.2) is 41.1 Å². The fourth-order valence-corrected chi connectivity index (χ4v) is 4.27. The summed E-state index contributed by atoms with van der Waals surface area (Å²) in [5, 5.41) is 0. The maximum atomic E-state index is 13.9. The number of hydrogen-bond acceptors (Lipinski definition) is 3. The van der Waals surface area contributed by atoms with Gasteiger partial charge in [-0.3, -0.25) is 4.72 Å². The number of sulfonamides is 1. The summed E-state index contributed by atoms with van der Waals surface area (Å²) >= 11 is 0. The first kappa shape index (κ1) is 17.7. The molecule has 0 bridgehead atoms. The van der Waals surface area contributed by atoms with Gasteiger partial charge >= 0.3 is 0 Å². The van der Waals surface area contributed by atoms with Crippen LogP contribution in [-0.2, 0) is 10.0 Å². The monoisotopic (exact) mass is 364 g/mol. The van der Waals surface area contributed by atoms with Crippen molar-refractivity contribution in [2.75, 3.05) is 42.3 Å². The second-order valence-corrected chi connectivity index (χ2v) is 7.79. The molecular formula is C18H23FN3O2S+. The highest BCUT2D eigenvalue weighted by atomic mass is 32.2. The molecule has 1 fully saturated rings. The van der Waals surface area contributed by atoms with Crippen molar-refractivity contribution in [3.8, 4) is 0 Å². The van der Waals surface area contributed by atoms with Crippen molar-refractivity contribution in [3.63, 3.8) is 0 Å². The van der Waals surface area contributed by atoms with E-state index >= 15 is 0 Å². The van der Waals surface area contributed by atoms with Crippen LogP contribution in [0.1, 0.15) is 6.92 Å². The quantitative estimate of drug-likeness (QED) is 0.842. The first-order valence-corrected chi connectivity index (χ1v) is 9.94. The van der Waals surface area contributed by atoms with Gasteiger partial charge in [0.1, 0.15) is 10.7 Å². The zero-order valence-corrected chi connectivity index (χ0v) is 15.0. The van der Waals surface area contributed by atoms with Crippen molar-refractivity contribution >= 4 is 21.4 Å². The molecule has 2 N–H and O–H groups in total. The molecule has 7 heteroatoms. The van der Waals surface area contributed by atoms with Crippen molar-refractivity contribution in [1.29, 1.82) is 0 Å². The van der Waals surface area contributed by atoms with Crippen LogP contribution in [0.3, 0.4) is 0 Å². The lowest BCUT2D eigenvalue weighted by Gasteiger charge is -2.34. The summed E-state index contributed by atoms with van der Waals surface area (Å²) in [4.78, 5) is 3.38. The Hall–Kier alpha value is -2.12. The molecule has 25 heavy (non-hydrogen) atoms. The Labute approximate surface area is 148 Å². The van der Waals surface area contributed by atoms with E-state index in [9.17, 15) is 12.8 Å². The Kier molecular flexibility index (Phi) is 5.24. The first-order valence-electron chi connectivity index (χ1n) is 8.46. The Morgan fingerprint density at radius 1 is 1.08 bits per heavy atom. The molecule has 0 aliphatic carbocycles. The Bertz CT molecular complexity index is 834. The number of hydrogen-bond donors (Lipinski definition) is 2. The van der Waals surface area contributed by atoms with E-state index in [0.717, 1.165) is 44.5 Å². The highest BCUT2D eigenvalue weighted by molar-refractivity contribution is 7.92. The smallest absolute Gasteiger partial charge is 0.264 e. The molecule has 0 atom stereocenters. The molecule has 1 heterocycles. The Morgan fingerprint density at radius 3 is 2.40 bits per heavy atom. The number of piperazine rings is 1. The molecule has 0 saturated carbocycles. The van der Waals surface area contributed by atoms with Gasteiger partial charge in [0.05, 0.1) is 44.1 Å². The molecule has 1 aliphatic heterocycles. The van der Waals surface area contributed by atoms with Gasteiger partial charge < -0.3 is 9.80 Å². The van der Waals surface area contributed by atoms with Crippen molar-refractivity contribution in [3.05, 3.63) is 54.3 Å². The second kappa shape index (κ2) is 7.41. The van der Waals surface area contributed by atoms with Crippen LogP contribution < -0.4 is 14.5 Å². The van der Waals surface area contributed by atoms with E-state index in [4.69, 9.17) is 0 Å². The Balaban J connectivity index is 1.86. The van der Waals surface area contributed by atoms with Gasteiger partial charge in [0, 0.05) is 0 Å². The lowest BCUT2D eigenvalue weighted by molar-refractivity contribution is -0.898. The van der Waals surface area contributed by atoms with Gasteiger partial charge in [-0.1, -0.05) is 24.3 Å². The molecule has 0 radical (unpaired) electrons. The van der Waals surface area contributed by atoms with Crippen LogP contribution in [0.25, 0.3) is 0 Å². The van der Waals surface area contributed by atoms with Gasteiger partial charge in [0.2, 0.25) is 0 Å². The Morgan fingerprint density at radius 2 is 1.72 bits per heavy atom. The van der Waals surface area contributed by atoms with E-state index in [0.29, 0.717) is 5.69 Å². The van der Waals surface area contributed by atoms with Gasteiger partial charge in [-0.05, 0) is 31.2 Å². The van der Waals surface area contributed by atoms with Crippen LogP contribution in [0.2, 0.25) is 0 Å². The summed E-state index contributed by atoms with van der Waals surface area (Å²) in [6.07, 6.45) is 0. The standard InChI is InChI=1S/C18H22FN3O2S/c1-2-21-11-13-22(14-12-21)17-9-5-4-8-16(17)20-25(23,24)18-10-6-3-7-15(18)19/h3-10,20H,2,11-14H2,1H3/p+1. The number of anilines is 2. The zero-order valence-electron chi connectivity index (χ0n) is 14.2. The molecule has 5 nitrogen and oxygen atoms in total. The van der Waals surface area contributed by atoms with E-state index in [1.54, 1.807) is 17.0 Å². The summed E-state index contributed by atoms with van der Waals surface area (Å²) in [6.45, 7) is 7.02. The lowest BCUT2D eigenvalue weighted by Crippen LogP contribution is -3.14. The summed E-state index contributed by atoms with van der Waals surface area (Å²) in [5.41, 5.74) is 1.31. The lowest BCUT2D eigenvalue weighted by atomic mass is 10.2. The van der Waals surface area contributed by atoms with Crippen molar-refractivity contribution in [2.24, 2.45) is 0 Å². The normalized spacial score (nSPS) is 16.0. The van der Waals surface area contributed by atoms with E-state index in [-0.39, 0.29) is 4.90 Å². The molecule has 1 aliphatic rings. The van der Waals surface area contributed by atoms with Gasteiger partial charge in [-0.25, -0.2) is 12.8 Å². The third kappa shape index (κ3) is 3.93. The number of nitrogens with zero attached hydrogens (tertiary/aromatic N) is 1. The van der Waals surface area contributed by atoms with Gasteiger partial charge in [-0.15, -0.1) is 0 Å². The van der Waals surface area contributed by atoms with Crippen LogP contribution >= 0.6 is 0 Å². The summed E-state index contributed by atoms with van der Waals surface area (Å²) < 4.78 is 41.6. The molecule has 0 amide bonds. The summed E-state index contributed by atoms with van der Waals surface area (Å²) in [5.74, 6) is -0.757. The molecular weight excluding hydrogens is 341 g/mol. The maximum absolute atomic E-state index is 13.9. The minimum atomic E-state index is -3.98. The van der Waals surface area contributed by atoms with Gasteiger partial charge in [0.25, 0.3) is 10.0 Å². The van der Waals surface area contributed by atoms with E-state index in [1.165, 1.54) is 18.2 Å². The predicted molar refractivity (Wildman–Crippen MR) is 97.1 cm³/mol. The van der Waals surface area contributed by atoms with Gasteiger partial charge in [-0.2, -0.15) is 0 Å². The first-order chi connectivity index (χ1) is 12.0. The highest BCUT2D eigenvalue weighted by Crippen LogP contribution is 2.28. The highest BCUT2D eigenvalue weighted by Gasteiger charge is 2.24. The molecule has 3 rings (SSSR count). The number of benzene rings is 2. The predicted octanol–water partition coefficient (Wildman–Crippen LogP) is 1.35. The molecule has 2 aromatic carbocycles. The van der Waals surface area contributed by atoms with Crippen LogP contribution in [0.15, 0.2) is 53.4 Å². The second-order valence-electron chi connectivity index (χ2n) is 6.14. The fraction of sp³-hybridized carbons (Fsp3) is 0.333. The van der Waals surface area contributed by atoms with Crippen LogP contribution in [0.4, 0.5) is 15.8 Å². The molecule has 1 saturated heterocycles. The molecule has 0 aromatic heterocycles. The number of halogens is 1. The number of quaternary nitrogens is 1. The van der Waals surface area contributed by atoms with E-state index in [2.05, 4.69) is 16.5 Å². The van der Waals surface area contributed by atoms with E-state index in [1.807, 2.05) is 12.1 Å². The van der Waals surface area contributed by atoms with Crippen molar-refractivity contribution in [2.45, 2.75) is 11.8 Å². The number of likely N-dealkylation sites (N-methyl/N-ethyl adjacent to an activating group) is 1. The van der Waals surface area contributed by atoms with Crippen molar-refractivity contribution < 1.29 is 17.7 Å². The van der Waals surface area contributed by atoms with Crippen LogP contribution in [0.5, 0.6) is 0 Å². The molecule has 0 spiro atoms. The minimum absolute atomic E-state index is 0.343. The third-order valence-corrected chi connectivity index (χ3v) is 5.98. The van der Waals surface area contributed by atoms with Crippen LogP contribution in [0, 0.1) is 5.82 Å². The molecule has 2 aromatic rings. The largest absolute Gasteiger partial charge is 0.359 e. The number of nitrogens with one attached hydrogen (secondary N) is 2. The minimum Gasteiger partial charge on any atom is -0.359 e.